The average Bonchev–Trinajstić information content (AvgIpc) is 2.73. The van der Waals surface area contributed by atoms with Gasteiger partial charge in [0, 0.05) is 6.54 Å². The fourth-order valence-electron chi connectivity index (χ4n) is 3.42. The number of carbonyl (C=O) groups excluding carboxylic acids is 1. The number of hydrogen-bond donors (Lipinski definition) is 2. The molecule has 2 aromatic rings. The summed E-state index contributed by atoms with van der Waals surface area (Å²) in [5.74, 6) is 0.968. The standard InChI is InChI=1S/C23H27N3O2.ClH/c24-23(25)26-16-19-8-12-20(13-9-19)22(27)28-21-14-10-18(11-15-21)7-6-17-4-2-1-3-5-17;/h1-7,10-11,14-15,19-20H,8-9,12-13,16H2,(H4,24,25,26);1H. The largest absolute Gasteiger partial charge is 0.426 e. The molecule has 0 aromatic heterocycles. The summed E-state index contributed by atoms with van der Waals surface area (Å²) in [5.41, 5.74) is 13.0. The lowest BCUT2D eigenvalue weighted by molar-refractivity contribution is -0.140. The molecule has 1 aliphatic carbocycles. The third-order valence-corrected chi connectivity index (χ3v) is 5.08. The molecule has 0 unspecified atom stereocenters. The first-order valence-corrected chi connectivity index (χ1v) is 9.70. The van der Waals surface area contributed by atoms with Crippen molar-refractivity contribution >= 4 is 36.5 Å². The molecule has 0 heterocycles. The third-order valence-electron chi connectivity index (χ3n) is 5.08. The van der Waals surface area contributed by atoms with E-state index in [2.05, 4.69) is 23.2 Å². The molecule has 0 bridgehead atoms. The van der Waals surface area contributed by atoms with Crippen LogP contribution in [0.5, 0.6) is 5.75 Å². The quantitative estimate of drug-likeness (QED) is 0.243. The Morgan fingerprint density at radius 1 is 0.931 bits per heavy atom. The summed E-state index contributed by atoms with van der Waals surface area (Å²) in [7, 11) is 0. The monoisotopic (exact) mass is 413 g/mol. The third kappa shape index (κ3) is 7.27. The molecule has 1 fully saturated rings. The maximum absolute atomic E-state index is 12.4. The van der Waals surface area contributed by atoms with Crippen molar-refractivity contribution < 1.29 is 9.53 Å². The predicted molar refractivity (Wildman–Crippen MR) is 121 cm³/mol. The molecule has 1 saturated carbocycles. The molecule has 0 atom stereocenters. The van der Waals surface area contributed by atoms with Crippen LogP contribution in [0.2, 0.25) is 0 Å². The van der Waals surface area contributed by atoms with Gasteiger partial charge in [-0.15, -0.1) is 12.4 Å². The van der Waals surface area contributed by atoms with Gasteiger partial charge in [0.1, 0.15) is 5.75 Å². The van der Waals surface area contributed by atoms with Crippen LogP contribution in [0.15, 0.2) is 59.6 Å². The van der Waals surface area contributed by atoms with E-state index in [9.17, 15) is 4.79 Å². The normalized spacial score (nSPS) is 18.6. The van der Waals surface area contributed by atoms with Gasteiger partial charge in [-0.25, -0.2) is 0 Å². The van der Waals surface area contributed by atoms with Crippen molar-refractivity contribution in [3.8, 4) is 5.75 Å². The number of guanidine groups is 1. The van der Waals surface area contributed by atoms with Crippen LogP contribution in [0.4, 0.5) is 0 Å². The highest BCUT2D eigenvalue weighted by molar-refractivity contribution is 5.85. The molecule has 1 aliphatic rings. The second kappa shape index (κ2) is 11.3. The van der Waals surface area contributed by atoms with E-state index < -0.39 is 0 Å². The Hall–Kier alpha value is -2.79. The van der Waals surface area contributed by atoms with Gasteiger partial charge in [-0.1, -0.05) is 54.6 Å². The van der Waals surface area contributed by atoms with Crippen LogP contribution in [0.1, 0.15) is 36.8 Å². The van der Waals surface area contributed by atoms with E-state index in [-0.39, 0.29) is 30.3 Å². The number of esters is 1. The molecule has 0 spiro atoms. The molecule has 0 amide bonds. The smallest absolute Gasteiger partial charge is 0.314 e. The summed E-state index contributed by atoms with van der Waals surface area (Å²) >= 11 is 0. The number of nitrogens with zero attached hydrogens (tertiary/aromatic N) is 1. The molecule has 29 heavy (non-hydrogen) atoms. The van der Waals surface area contributed by atoms with Gasteiger partial charge in [0.05, 0.1) is 5.92 Å². The fraction of sp³-hybridized carbons (Fsp3) is 0.304. The van der Waals surface area contributed by atoms with Gasteiger partial charge >= 0.3 is 5.97 Å². The molecular formula is C23H28ClN3O2. The first kappa shape index (κ1) is 22.5. The maximum atomic E-state index is 12.4. The van der Waals surface area contributed by atoms with Gasteiger partial charge in [-0.3, -0.25) is 9.79 Å². The second-order valence-electron chi connectivity index (χ2n) is 7.22. The van der Waals surface area contributed by atoms with Crippen LogP contribution in [-0.2, 0) is 4.79 Å². The van der Waals surface area contributed by atoms with Crippen molar-refractivity contribution in [1.82, 2.24) is 0 Å². The molecule has 0 aliphatic heterocycles. The van der Waals surface area contributed by atoms with Gasteiger partial charge in [0.25, 0.3) is 0 Å². The SMILES string of the molecule is Cl.NC(N)=NCC1CCC(C(=O)Oc2ccc(C=Cc3ccccc3)cc2)CC1. The highest BCUT2D eigenvalue weighted by atomic mass is 35.5. The van der Waals surface area contributed by atoms with Crippen molar-refractivity contribution in [2.75, 3.05) is 6.54 Å². The number of ether oxygens (including phenoxy) is 1. The molecule has 0 radical (unpaired) electrons. The number of hydrogen-bond acceptors (Lipinski definition) is 3. The van der Waals surface area contributed by atoms with Crippen molar-refractivity contribution in [3.63, 3.8) is 0 Å². The van der Waals surface area contributed by atoms with E-state index in [1.54, 1.807) is 0 Å². The summed E-state index contributed by atoms with van der Waals surface area (Å²) < 4.78 is 5.57. The minimum Gasteiger partial charge on any atom is -0.426 e. The Bertz CT molecular complexity index is 823. The lowest BCUT2D eigenvalue weighted by Gasteiger charge is -2.26. The van der Waals surface area contributed by atoms with Crippen molar-refractivity contribution in [2.24, 2.45) is 28.3 Å². The van der Waals surface area contributed by atoms with Gasteiger partial charge < -0.3 is 16.2 Å². The minimum atomic E-state index is -0.145. The van der Waals surface area contributed by atoms with Crippen LogP contribution in [-0.4, -0.2) is 18.5 Å². The molecule has 154 valence electrons. The first-order valence-electron chi connectivity index (χ1n) is 9.70. The molecule has 6 heteroatoms. The summed E-state index contributed by atoms with van der Waals surface area (Å²) in [6, 6.07) is 17.7. The zero-order valence-corrected chi connectivity index (χ0v) is 17.2. The number of carbonyl (C=O) groups is 1. The molecule has 2 aromatic carbocycles. The Balaban J connectivity index is 0.00000300. The van der Waals surface area contributed by atoms with E-state index in [1.165, 1.54) is 0 Å². The van der Waals surface area contributed by atoms with Crippen molar-refractivity contribution in [3.05, 3.63) is 65.7 Å². The van der Waals surface area contributed by atoms with Crippen LogP contribution >= 0.6 is 12.4 Å². The van der Waals surface area contributed by atoms with Crippen LogP contribution in [0.3, 0.4) is 0 Å². The summed E-state index contributed by atoms with van der Waals surface area (Å²) in [6.45, 7) is 0.641. The van der Waals surface area contributed by atoms with Crippen molar-refractivity contribution in [1.29, 1.82) is 0 Å². The molecule has 0 saturated heterocycles. The number of nitrogens with two attached hydrogens (primary N) is 2. The van der Waals surface area contributed by atoms with Crippen LogP contribution in [0.25, 0.3) is 12.2 Å². The summed E-state index contributed by atoms with van der Waals surface area (Å²) in [6.07, 6.45) is 7.63. The van der Waals surface area contributed by atoms with Gasteiger partial charge in [-0.05, 0) is 54.9 Å². The molecule has 3 rings (SSSR count). The molecule has 4 N–H and O–H groups in total. The number of halogens is 1. The lowest BCUT2D eigenvalue weighted by atomic mass is 9.82. The zero-order chi connectivity index (χ0) is 19.8. The van der Waals surface area contributed by atoms with E-state index in [1.807, 2.05) is 48.5 Å². The second-order valence-corrected chi connectivity index (χ2v) is 7.22. The highest BCUT2D eigenvalue weighted by Crippen LogP contribution is 2.30. The fourth-order valence-corrected chi connectivity index (χ4v) is 3.42. The topological polar surface area (TPSA) is 90.7 Å². The van der Waals surface area contributed by atoms with E-state index in [0.717, 1.165) is 36.8 Å². The van der Waals surface area contributed by atoms with Crippen molar-refractivity contribution in [2.45, 2.75) is 25.7 Å². The Kier molecular flexibility index (Phi) is 8.74. The summed E-state index contributed by atoms with van der Waals surface area (Å²) in [4.78, 5) is 16.5. The van der Waals surface area contributed by atoms with Gasteiger partial charge in [0.15, 0.2) is 5.96 Å². The Labute approximate surface area is 178 Å². The maximum Gasteiger partial charge on any atom is 0.314 e. The molecule has 5 nitrogen and oxygen atoms in total. The van der Waals surface area contributed by atoms with Gasteiger partial charge in [-0.2, -0.15) is 0 Å². The summed E-state index contributed by atoms with van der Waals surface area (Å²) in [5, 5.41) is 0. The van der Waals surface area contributed by atoms with E-state index >= 15 is 0 Å². The van der Waals surface area contributed by atoms with Crippen LogP contribution < -0.4 is 16.2 Å². The van der Waals surface area contributed by atoms with Crippen LogP contribution in [0, 0.1) is 11.8 Å². The number of rotatable bonds is 6. The highest BCUT2D eigenvalue weighted by Gasteiger charge is 2.27. The Morgan fingerprint density at radius 3 is 2.10 bits per heavy atom. The number of aliphatic imine (C=N–C) groups is 1. The zero-order valence-electron chi connectivity index (χ0n) is 16.4. The predicted octanol–water partition coefficient (Wildman–Crippen LogP) is 4.26. The van der Waals surface area contributed by atoms with E-state index in [4.69, 9.17) is 16.2 Å². The first-order chi connectivity index (χ1) is 13.6. The van der Waals surface area contributed by atoms with Gasteiger partial charge in [0.2, 0.25) is 0 Å². The lowest BCUT2D eigenvalue weighted by Crippen LogP contribution is -2.28. The minimum absolute atomic E-state index is 0. The Morgan fingerprint density at radius 2 is 1.52 bits per heavy atom. The number of benzene rings is 2. The van der Waals surface area contributed by atoms with E-state index in [0.29, 0.717) is 18.2 Å². The molecular weight excluding hydrogens is 386 g/mol. The average molecular weight is 414 g/mol.